The number of hydrogen-bond acceptors (Lipinski definition) is 0. The Labute approximate surface area is 218 Å². The quantitative estimate of drug-likeness (QED) is 0.316. The topological polar surface area (TPSA) is 0 Å². The summed E-state index contributed by atoms with van der Waals surface area (Å²) in [6.07, 6.45) is 10.1. The Hall–Kier alpha value is -2.12. The number of rotatable bonds is 8. The van der Waals surface area contributed by atoms with Crippen molar-refractivity contribution in [2.75, 3.05) is 0 Å². The number of hydrogen-bond donors (Lipinski definition) is 0. The van der Waals surface area contributed by atoms with Gasteiger partial charge in [-0.3, -0.25) is 0 Å². The zero-order valence-corrected chi connectivity index (χ0v) is 22.8. The standard InChI is InChI=1S/C21H16P.C10H15.2FH.Ti/c1-3-11-19(12-4-1)22(20-13-5-2-6-14-20)21-15-17-9-7-8-10-18(17)16-21;1-3-4-7-10-8-5-6-9(10)2;;;/h1-16H;6H,3-5,7H2,1-2H3;2*1H;/q;;;;+2/p-2. The van der Waals surface area contributed by atoms with E-state index in [0.29, 0.717) is 4.22 Å². The largest absolute Gasteiger partial charge is 1.00 e. The fraction of sp³-hybridized carbons (Fsp3) is 0.226. The Morgan fingerprint density at radius 3 is 2.06 bits per heavy atom. The molecule has 4 heteroatoms. The molecule has 0 aliphatic heterocycles. The van der Waals surface area contributed by atoms with Crippen LogP contribution in [0.3, 0.4) is 0 Å². The monoisotopic (exact) mass is 520 g/mol. The summed E-state index contributed by atoms with van der Waals surface area (Å²) in [4.78, 5) is 0. The third-order valence-corrected chi connectivity index (χ3v) is 12.4. The van der Waals surface area contributed by atoms with Crippen molar-refractivity contribution >= 4 is 24.6 Å². The average Bonchev–Trinajstić information content (AvgIpc) is 3.39. The molecule has 3 aromatic carbocycles. The molecule has 2 aliphatic rings. The third kappa shape index (κ3) is 5.83. The van der Waals surface area contributed by atoms with Crippen LogP contribution >= 0.6 is 7.92 Å². The molecule has 5 rings (SSSR count). The zero-order chi connectivity index (χ0) is 22.6. The minimum absolute atomic E-state index is 0. The van der Waals surface area contributed by atoms with Crippen LogP contribution in [0.15, 0.2) is 111 Å². The SMILES string of the molecule is CCCCC1=[C]([Ti+2][CH]2C(P(c3ccccc3)c3ccccc3)=Cc3ccccc32)CC=C1C.[F-].[F-]. The smallest absolute Gasteiger partial charge is 1.00 e. The summed E-state index contributed by atoms with van der Waals surface area (Å²) in [7, 11) is -0.541. The third-order valence-electron chi connectivity index (χ3n) is 6.74. The number of halogens is 2. The van der Waals surface area contributed by atoms with Crippen molar-refractivity contribution < 1.29 is 28.6 Å². The first-order valence-corrected chi connectivity index (χ1v) is 15.1. The Balaban J connectivity index is 0.00000171. The van der Waals surface area contributed by atoms with Crippen LogP contribution in [0, 0.1) is 0 Å². The molecule has 0 spiro atoms. The van der Waals surface area contributed by atoms with Gasteiger partial charge in [0.15, 0.2) is 0 Å². The van der Waals surface area contributed by atoms with E-state index in [1.165, 1.54) is 41.9 Å². The Bertz CT molecular complexity index is 1180. The van der Waals surface area contributed by atoms with Crippen molar-refractivity contribution in [1.29, 1.82) is 0 Å². The number of unbranched alkanes of at least 4 members (excludes halogenated alkanes) is 1. The minimum atomic E-state index is -0.541. The van der Waals surface area contributed by atoms with Gasteiger partial charge in [0.25, 0.3) is 0 Å². The van der Waals surface area contributed by atoms with Crippen LogP contribution in [0.1, 0.15) is 54.9 Å². The summed E-state index contributed by atoms with van der Waals surface area (Å²) in [5.41, 5.74) is 6.26. The van der Waals surface area contributed by atoms with E-state index < -0.39 is 7.92 Å². The second-order valence-corrected chi connectivity index (χ2v) is 13.4. The molecule has 178 valence electrons. The molecule has 0 aromatic heterocycles. The minimum Gasteiger partial charge on any atom is -1.00 e. The summed E-state index contributed by atoms with van der Waals surface area (Å²) in [6.45, 7) is 4.65. The van der Waals surface area contributed by atoms with E-state index in [2.05, 4.69) is 111 Å². The number of allylic oxidation sites excluding steroid dienone is 5. The van der Waals surface area contributed by atoms with Crippen LogP contribution in [0.2, 0.25) is 0 Å². The molecular formula is C31H31F2PTi. The van der Waals surface area contributed by atoms with E-state index in [-0.39, 0.29) is 28.6 Å². The van der Waals surface area contributed by atoms with E-state index in [0.717, 1.165) is 0 Å². The second-order valence-electron chi connectivity index (χ2n) is 8.93. The molecule has 0 nitrogen and oxygen atoms in total. The molecule has 0 heterocycles. The summed E-state index contributed by atoms with van der Waals surface area (Å²) in [6, 6.07) is 31.6. The van der Waals surface area contributed by atoms with Gasteiger partial charge in [0.2, 0.25) is 0 Å². The Morgan fingerprint density at radius 1 is 0.829 bits per heavy atom. The van der Waals surface area contributed by atoms with Crippen molar-refractivity contribution in [3.63, 3.8) is 0 Å². The molecule has 0 N–H and O–H groups in total. The molecule has 0 radical (unpaired) electrons. The van der Waals surface area contributed by atoms with Crippen molar-refractivity contribution in [1.82, 2.24) is 0 Å². The van der Waals surface area contributed by atoms with Gasteiger partial charge in [0.1, 0.15) is 0 Å². The molecule has 0 saturated carbocycles. The van der Waals surface area contributed by atoms with E-state index in [4.69, 9.17) is 0 Å². The summed E-state index contributed by atoms with van der Waals surface area (Å²) >= 11 is -0.314. The average molecular weight is 520 g/mol. The maximum Gasteiger partial charge on any atom is -1.00 e. The van der Waals surface area contributed by atoms with Gasteiger partial charge in [-0.15, -0.1) is 0 Å². The van der Waals surface area contributed by atoms with Crippen molar-refractivity contribution in [3.8, 4) is 0 Å². The Kier molecular flexibility index (Phi) is 9.99. The summed E-state index contributed by atoms with van der Waals surface area (Å²) in [5.74, 6) is 0. The van der Waals surface area contributed by atoms with E-state index in [1.54, 1.807) is 25.9 Å². The number of fused-ring (bicyclic) bond motifs is 1. The first-order valence-electron chi connectivity index (χ1n) is 12.1. The fourth-order valence-corrected chi connectivity index (χ4v) is 11.1. The molecule has 0 saturated heterocycles. The summed E-state index contributed by atoms with van der Waals surface area (Å²) in [5, 5.41) is 4.60. The molecule has 0 bridgehead atoms. The van der Waals surface area contributed by atoms with Gasteiger partial charge in [-0.1, -0.05) is 0 Å². The molecule has 35 heavy (non-hydrogen) atoms. The molecule has 0 amide bonds. The molecule has 1 atom stereocenters. The first kappa shape index (κ1) is 27.5. The van der Waals surface area contributed by atoms with Crippen LogP contribution in [0.5, 0.6) is 0 Å². The van der Waals surface area contributed by atoms with Crippen LogP contribution in [-0.2, 0) is 19.2 Å². The molecule has 1 unspecified atom stereocenters. The van der Waals surface area contributed by atoms with E-state index in [1.807, 2.05) is 0 Å². The maximum atomic E-state index is 2.55. The number of benzene rings is 3. The van der Waals surface area contributed by atoms with Gasteiger partial charge in [0, 0.05) is 0 Å². The maximum absolute atomic E-state index is 2.55. The van der Waals surface area contributed by atoms with Crippen molar-refractivity contribution in [3.05, 3.63) is 122 Å². The van der Waals surface area contributed by atoms with Gasteiger partial charge in [-0.25, -0.2) is 0 Å². The molecule has 0 fully saturated rings. The van der Waals surface area contributed by atoms with E-state index >= 15 is 0 Å². The van der Waals surface area contributed by atoms with Crippen LogP contribution in [0.4, 0.5) is 0 Å². The Morgan fingerprint density at radius 2 is 1.43 bits per heavy atom. The second kappa shape index (κ2) is 12.7. The molecule has 3 aromatic rings. The van der Waals surface area contributed by atoms with Crippen LogP contribution in [0.25, 0.3) is 6.08 Å². The van der Waals surface area contributed by atoms with Crippen molar-refractivity contribution in [2.45, 2.75) is 43.8 Å². The van der Waals surface area contributed by atoms with Gasteiger partial charge in [-0.2, -0.15) is 0 Å². The van der Waals surface area contributed by atoms with Crippen molar-refractivity contribution in [2.24, 2.45) is 0 Å². The van der Waals surface area contributed by atoms with Crippen LogP contribution in [-0.4, -0.2) is 0 Å². The summed E-state index contributed by atoms with van der Waals surface area (Å²) < 4.78 is 2.38. The normalized spacial score (nSPS) is 16.1. The molecule has 2 aliphatic carbocycles. The van der Waals surface area contributed by atoms with Gasteiger partial charge >= 0.3 is 210 Å². The van der Waals surface area contributed by atoms with Gasteiger partial charge in [-0.05, 0) is 0 Å². The van der Waals surface area contributed by atoms with Gasteiger partial charge in [0.05, 0.1) is 0 Å². The fourth-order valence-electron chi connectivity index (χ4n) is 5.02. The predicted molar refractivity (Wildman–Crippen MR) is 141 cm³/mol. The van der Waals surface area contributed by atoms with Crippen LogP contribution < -0.4 is 20.0 Å². The predicted octanol–water partition coefficient (Wildman–Crippen LogP) is 2.10. The first-order chi connectivity index (χ1) is 16.3. The zero-order valence-electron chi connectivity index (χ0n) is 20.3. The van der Waals surface area contributed by atoms with Gasteiger partial charge < -0.3 is 9.41 Å². The molecular weight excluding hydrogens is 489 g/mol. The van der Waals surface area contributed by atoms with E-state index in [9.17, 15) is 0 Å².